The molecule has 0 saturated carbocycles. The molecule has 1 atom stereocenters. The van der Waals surface area contributed by atoms with E-state index in [1.54, 1.807) is 37.5 Å². The van der Waals surface area contributed by atoms with Crippen molar-refractivity contribution in [1.29, 1.82) is 5.26 Å². The SMILES string of the molecule is CCN(C)C=Nc1cc(C)c(C(=O)C(C#N)Oc2c(Cl)cccc2Cl)cc1C. The number of nitriles is 1. The number of ether oxygens (including phenoxy) is 1. The molecule has 0 spiro atoms. The highest BCUT2D eigenvalue weighted by Crippen LogP contribution is 2.34. The second-order valence-corrected chi connectivity index (χ2v) is 7.13. The van der Waals surface area contributed by atoms with Crippen LogP contribution in [-0.4, -0.2) is 36.7 Å². The minimum absolute atomic E-state index is 0.115. The molecule has 0 radical (unpaired) electrons. The van der Waals surface area contributed by atoms with E-state index in [1.165, 1.54) is 0 Å². The molecular formula is C21H21Cl2N3O2. The van der Waals surface area contributed by atoms with Gasteiger partial charge in [-0.05, 0) is 56.2 Å². The van der Waals surface area contributed by atoms with Gasteiger partial charge in [-0.1, -0.05) is 29.3 Å². The summed E-state index contributed by atoms with van der Waals surface area (Å²) < 4.78 is 5.55. The summed E-state index contributed by atoms with van der Waals surface area (Å²) in [6, 6.07) is 10.2. The predicted octanol–water partition coefficient (Wildman–Crippen LogP) is 5.38. The molecule has 0 fully saturated rings. The first kappa shape index (κ1) is 21.7. The van der Waals surface area contributed by atoms with E-state index in [0.29, 0.717) is 11.1 Å². The maximum absolute atomic E-state index is 12.9. The first-order valence-electron chi connectivity index (χ1n) is 8.68. The van der Waals surface area contributed by atoms with Crippen LogP contribution in [0, 0.1) is 25.2 Å². The first-order valence-corrected chi connectivity index (χ1v) is 9.44. The first-order chi connectivity index (χ1) is 13.3. The van der Waals surface area contributed by atoms with E-state index in [9.17, 15) is 10.1 Å². The molecule has 0 N–H and O–H groups in total. The lowest BCUT2D eigenvalue weighted by Gasteiger charge is -2.16. The summed E-state index contributed by atoms with van der Waals surface area (Å²) in [6.07, 6.45) is 0.375. The standard InChI is InChI=1S/C21H21Cl2N3O2/c1-5-26(4)12-25-18-10-13(2)15(9-14(18)3)20(27)19(11-24)28-21-16(22)7-6-8-17(21)23/h6-10,12,19H,5H2,1-4H3. The molecule has 0 saturated heterocycles. The summed E-state index contributed by atoms with van der Waals surface area (Å²) in [5.74, 6) is -0.343. The Morgan fingerprint density at radius 1 is 1.29 bits per heavy atom. The van der Waals surface area contributed by atoms with Gasteiger partial charge in [0.05, 0.1) is 22.1 Å². The van der Waals surface area contributed by atoms with Crippen LogP contribution >= 0.6 is 23.2 Å². The van der Waals surface area contributed by atoms with Gasteiger partial charge in [0.25, 0.3) is 0 Å². The summed E-state index contributed by atoms with van der Waals surface area (Å²) in [6.45, 7) is 6.53. The molecule has 2 rings (SSSR count). The van der Waals surface area contributed by atoms with E-state index < -0.39 is 11.9 Å². The average molecular weight is 418 g/mol. The molecule has 2 aromatic carbocycles. The van der Waals surface area contributed by atoms with Gasteiger partial charge >= 0.3 is 0 Å². The number of benzene rings is 2. The highest BCUT2D eigenvalue weighted by atomic mass is 35.5. The monoisotopic (exact) mass is 417 g/mol. The molecule has 7 heteroatoms. The number of Topliss-reactive ketones (excluding diaryl/α,β-unsaturated/α-hetero) is 1. The van der Waals surface area contributed by atoms with E-state index in [0.717, 1.165) is 17.8 Å². The molecule has 0 aliphatic rings. The van der Waals surface area contributed by atoms with Gasteiger partial charge in [0.1, 0.15) is 6.07 Å². The van der Waals surface area contributed by atoms with Crippen molar-refractivity contribution in [2.75, 3.05) is 13.6 Å². The van der Waals surface area contributed by atoms with Crippen molar-refractivity contribution in [2.45, 2.75) is 26.9 Å². The zero-order chi connectivity index (χ0) is 20.8. The summed E-state index contributed by atoms with van der Waals surface area (Å²) in [4.78, 5) is 19.3. The van der Waals surface area contributed by atoms with Crippen LogP contribution in [0.1, 0.15) is 28.4 Å². The van der Waals surface area contributed by atoms with E-state index >= 15 is 0 Å². The van der Waals surface area contributed by atoms with Gasteiger partial charge in [-0.2, -0.15) is 5.26 Å². The van der Waals surface area contributed by atoms with E-state index in [-0.39, 0.29) is 15.8 Å². The number of nitrogens with zero attached hydrogens (tertiary/aromatic N) is 3. The third-order valence-electron chi connectivity index (χ3n) is 4.21. The second-order valence-electron chi connectivity index (χ2n) is 6.31. The summed E-state index contributed by atoms with van der Waals surface area (Å²) in [5, 5.41) is 9.95. The quantitative estimate of drug-likeness (QED) is 0.344. The van der Waals surface area contributed by atoms with Gasteiger partial charge in [0.2, 0.25) is 11.9 Å². The lowest BCUT2D eigenvalue weighted by Crippen LogP contribution is -2.26. The number of carbonyl (C=O) groups excluding carboxylic acids is 1. The molecule has 0 amide bonds. The van der Waals surface area contributed by atoms with Gasteiger partial charge in [0.15, 0.2) is 5.75 Å². The molecule has 146 valence electrons. The smallest absolute Gasteiger partial charge is 0.246 e. The van der Waals surface area contributed by atoms with Crippen LogP contribution in [0.5, 0.6) is 5.75 Å². The van der Waals surface area contributed by atoms with Crippen LogP contribution in [0.2, 0.25) is 10.0 Å². The zero-order valence-corrected chi connectivity index (χ0v) is 17.7. The minimum Gasteiger partial charge on any atom is -0.464 e. The van der Waals surface area contributed by atoms with Crippen LogP contribution in [0.25, 0.3) is 0 Å². The lowest BCUT2D eigenvalue weighted by molar-refractivity contribution is 0.0859. The summed E-state index contributed by atoms with van der Waals surface area (Å²) in [7, 11) is 1.93. The molecule has 2 aromatic rings. The van der Waals surface area contributed by atoms with Crippen LogP contribution in [0.3, 0.4) is 0 Å². The number of hydrogen-bond acceptors (Lipinski definition) is 4. The number of carbonyl (C=O) groups is 1. The molecule has 5 nitrogen and oxygen atoms in total. The highest BCUT2D eigenvalue weighted by Gasteiger charge is 2.25. The number of aryl methyl sites for hydroxylation is 2. The zero-order valence-electron chi connectivity index (χ0n) is 16.2. The van der Waals surface area contributed by atoms with Crippen LogP contribution in [-0.2, 0) is 0 Å². The highest BCUT2D eigenvalue weighted by molar-refractivity contribution is 6.37. The fourth-order valence-electron chi connectivity index (χ4n) is 2.44. The summed E-state index contributed by atoms with van der Waals surface area (Å²) in [5.41, 5.74) is 2.69. The molecule has 0 aliphatic carbocycles. The molecule has 28 heavy (non-hydrogen) atoms. The number of aliphatic imine (C=N–C) groups is 1. The molecule has 0 aliphatic heterocycles. The van der Waals surface area contributed by atoms with Gasteiger partial charge in [0, 0.05) is 19.2 Å². The third kappa shape index (κ3) is 5.03. The van der Waals surface area contributed by atoms with Crippen LogP contribution in [0.15, 0.2) is 35.3 Å². The summed E-state index contributed by atoms with van der Waals surface area (Å²) >= 11 is 12.2. The Labute approximate surface area is 175 Å². The lowest BCUT2D eigenvalue weighted by atomic mass is 9.98. The van der Waals surface area contributed by atoms with Gasteiger partial charge in [-0.25, -0.2) is 4.99 Å². The van der Waals surface area contributed by atoms with E-state index in [2.05, 4.69) is 4.99 Å². The van der Waals surface area contributed by atoms with Crippen molar-refractivity contribution < 1.29 is 9.53 Å². The molecule has 0 aromatic heterocycles. The van der Waals surface area contributed by atoms with Crippen LogP contribution in [0.4, 0.5) is 5.69 Å². The Morgan fingerprint density at radius 2 is 1.93 bits per heavy atom. The molecule has 0 bridgehead atoms. The number of hydrogen-bond donors (Lipinski definition) is 0. The van der Waals surface area contributed by atoms with Gasteiger partial charge < -0.3 is 9.64 Å². The van der Waals surface area contributed by atoms with Crippen molar-refractivity contribution in [3.63, 3.8) is 0 Å². The molecule has 1 unspecified atom stereocenters. The Kier molecular flexibility index (Phi) is 7.45. The minimum atomic E-state index is -1.36. The van der Waals surface area contributed by atoms with E-state index in [1.807, 2.05) is 37.9 Å². The van der Waals surface area contributed by atoms with Crippen molar-refractivity contribution >= 4 is 41.0 Å². The maximum Gasteiger partial charge on any atom is 0.246 e. The van der Waals surface area contributed by atoms with E-state index in [4.69, 9.17) is 27.9 Å². The number of ketones is 1. The number of halogens is 2. The molecular weight excluding hydrogens is 397 g/mol. The fraction of sp³-hybridized carbons (Fsp3) is 0.286. The van der Waals surface area contributed by atoms with Crippen molar-refractivity contribution in [2.24, 2.45) is 4.99 Å². The van der Waals surface area contributed by atoms with Crippen molar-refractivity contribution in [1.82, 2.24) is 4.90 Å². The van der Waals surface area contributed by atoms with Crippen LogP contribution < -0.4 is 4.74 Å². The Hall–Kier alpha value is -2.55. The average Bonchev–Trinajstić information content (AvgIpc) is 2.67. The van der Waals surface area contributed by atoms with Crippen molar-refractivity contribution in [3.05, 3.63) is 57.1 Å². The van der Waals surface area contributed by atoms with Gasteiger partial charge in [-0.3, -0.25) is 4.79 Å². The third-order valence-corrected chi connectivity index (χ3v) is 4.81. The normalized spacial score (nSPS) is 11.9. The maximum atomic E-state index is 12.9. The van der Waals surface area contributed by atoms with Gasteiger partial charge in [-0.15, -0.1) is 0 Å². The Morgan fingerprint density at radius 3 is 2.50 bits per heavy atom. The molecule has 0 heterocycles. The topological polar surface area (TPSA) is 65.7 Å². The largest absolute Gasteiger partial charge is 0.464 e. The number of rotatable bonds is 7. The number of para-hydroxylation sites is 1. The predicted molar refractivity (Wildman–Crippen MR) is 113 cm³/mol. The Balaban J connectivity index is 2.33. The fourth-order valence-corrected chi connectivity index (χ4v) is 2.93. The second kappa shape index (κ2) is 9.59. The van der Waals surface area contributed by atoms with Crippen molar-refractivity contribution in [3.8, 4) is 11.8 Å². The Bertz CT molecular complexity index is 931.